The molecule has 0 spiro atoms. The molecule has 0 amide bonds. The minimum atomic E-state index is -5.18. The lowest BCUT2D eigenvalue weighted by Crippen LogP contribution is -2.42. The quantitative estimate of drug-likeness (QED) is 0.551. The molecule has 12 heteroatoms. The molecule has 0 saturated carbocycles. The summed E-state index contributed by atoms with van der Waals surface area (Å²) < 4.78 is 128. The maximum absolute atomic E-state index is 13.4. The van der Waals surface area contributed by atoms with Crippen LogP contribution in [0.5, 0.6) is 0 Å². The van der Waals surface area contributed by atoms with E-state index in [1.54, 1.807) is 0 Å². The summed E-state index contributed by atoms with van der Waals surface area (Å²) in [6.07, 6.45) is -21.4. The van der Waals surface area contributed by atoms with Crippen LogP contribution >= 0.6 is 0 Å². The zero-order chi connectivity index (χ0) is 20.4. The Morgan fingerprint density at radius 1 is 0.778 bits per heavy atom. The van der Waals surface area contributed by atoms with Crippen molar-refractivity contribution in [2.24, 2.45) is 0 Å². The first kappa shape index (κ1) is 20.2. The van der Waals surface area contributed by atoms with E-state index in [9.17, 15) is 39.5 Å². The summed E-state index contributed by atoms with van der Waals surface area (Å²) in [6, 6.07) is 0.396. The van der Waals surface area contributed by atoms with E-state index in [4.69, 9.17) is 9.47 Å². The van der Waals surface area contributed by atoms with Crippen molar-refractivity contribution in [3.8, 4) is 0 Å². The number of benzene rings is 1. The molecule has 2 heterocycles. The highest BCUT2D eigenvalue weighted by Crippen LogP contribution is 2.45. The third kappa shape index (κ3) is 4.16. The molecule has 5 unspecified atom stereocenters. The Hall–Kier alpha value is -1.53. The molecule has 1 aromatic carbocycles. The van der Waals surface area contributed by atoms with Crippen LogP contribution in [0.1, 0.15) is 29.5 Å². The summed E-state index contributed by atoms with van der Waals surface area (Å²) in [5.41, 5.74) is -4.21. The standard InChI is InChI=1S/C15H12F9NO2/c1-5-9(10(15(22,23)24)27-12-11(25-12)26-5)6-2-7(13(16,17)18)4-8(3-6)14(19,20)21/h2-5,9-12,25H,1H3. The fraction of sp³-hybridized carbons (Fsp3) is 0.600. The maximum Gasteiger partial charge on any atom is 0.416 e. The SMILES string of the molecule is CC1OC2NC2OC(C(F)(F)F)C1c1cc(C(F)(F)F)cc(C(F)(F)F)c1. The van der Waals surface area contributed by atoms with Gasteiger partial charge in [-0.3, -0.25) is 5.32 Å². The van der Waals surface area contributed by atoms with Crippen molar-refractivity contribution in [3.63, 3.8) is 0 Å². The molecule has 0 radical (unpaired) electrons. The second-order valence-electron chi connectivity index (χ2n) is 6.31. The van der Waals surface area contributed by atoms with E-state index >= 15 is 0 Å². The molecular formula is C15H12F9NO2. The molecule has 2 aliphatic rings. The van der Waals surface area contributed by atoms with Gasteiger partial charge in [-0.15, -0.1) is 0 Å². The molecule has 2 aliphatic heterocycles. The van der Waals surface area contributed by atoms with Crippen LogP contribution in [0.2, 0.25) is 0 Å². The van der Waals surface area contributed by atoms with Gasteiger partial charge in [-0.2, -0.15) is 39.5 Å². The van der Waals surface area contributed by atoms with Crippen LogP contribution in [0.4, 0.5) is 39.5 Å². The highest BCUT2D eigenvalue weighted by Gasteiger charge is 2.57. The average molecular weight is 409 g/mol. The lowest BCUT2D eigenvalue weighted by molar-refractivity contribution is -0.232. The first-order valence-electron chi connectivity index (χ1n) is 7.61. The number of halogens is 9. The molecule has 152 valence electrons. The topological polar surface area (TPSA) is 40.4 Å². The van der Waals surface area contributed by atoms with Crippen molar-refractivity contribution in [1.82, 2.24) is 5.32 Å². The van der Waals surface area contributed by atoms with Crippen LogP contribution in [0.3, 0.4) is 0 Å². The van der Waals surface area contributed by atoms with Crippen molar-refractivity contribution in [2.45, 2.75) is 56.0 Å². The summed E-state index contributed by atoms with van der Waals surface area (Å²) in [7, 11) is 0. The van der Waals surface area contributed by atoms with E-state index in [2.05, 4.69) is 5.32 Å². The summed E-state index contributed by atoms with van der Waals surface area (Å²) in [5.74, 6) is -1.91. The van der Waals surface area contributed by atoms with E-state index in [-0.39, 0.29) is 18.2 Å². The Labute approximate surface area is 146 Å². The Balaban J connectivity index is 2.13. The van der Waals surface area contributed by atoms with E-state index in [1.807, 2.05) is 0 Å². The Morgan fingerprint density at radius 3 is 1.70 bits per heavy atom. The minimum absolute atomic E-state index is 0.145. The number of alkyl halides is 9. The Morgan fingerprint density at radius 2 is 1.26 bits per heavy atom. The van der Waals surface area contributed by atoms with Gasteiger partial charge in [-0.1, -0.05) is 0 Å². The van der Waals surface area contributed by atoms with Gasteiger partial charge in [-0.05, 0) is 30.7 Å². The molecule has 2 fully saturated rings. The second-order valence-corrected chi connectivity index (χ2v) is 6.31. The highest BCUT2D eigenvalue weighted by molar-refractivity contribution is 5.37. The lowest BCUT2D eigenvalue weighted by Gasteiger charge is -2.32. The lowest BCUT2D eigenvalue weighted by atomic mass is 9.86. The zero-order valence-electron chi connectivity index (χ0n) is 13.3. The second kappa shape index (κ2) is 6.24. The molecule has 0 bridgehead atoms. The largest absolute Gasteiger partial charge is 0.416 e. The molecule has 5 atom stereocenters. The number of fused-ring (bicyclic) bond motifs is 1. The smallest absolute Gasteiger partial charge is 0.355 e. The van der Waals surface area contributed by atoms with Crippen molar-refractivity contribution in [3.05, 3.63) is 34.9 Å². The molecule has 27 heavy (non-hydrogen) atoms. The third-order valence-corrected chi connectivity index (χ3v) is 4.30. The number of ether oxygens (including phenoxy) is 2. The Kier molecular flexibility index (Phi) is 4.67. The molecular weight excluding hydrogens is 397 g/mol. The van der Waals surface area contributed by atoms with Gasteiger partial charge < -0.3 is 9.47 Å². The fourth-order valence-electron chi connectivity index (χ4n) is 3.03. The summed E-state index contributed by atoms with van der Waals surface area (Å²) >= 11 is 0. The number of rotatable bonds is 1. The predicted molar refractivity (Wildman–Crippen MR) is 71.4 cm³/mol. The first-order chi connectivity index (χ1) is 12.2. The Bertz CT molecular complexity index is 680. The van der Waals surface area contributed by atoms with Crippen LogP contribution < -0.4 is 5.32 Å². The normalized spacial score (nSPS) is 32.0. The molecule has 2 saturated heterocycles. The third-order valence-electron chi connectivity index (χ3n) is 4.30. The van der Waals surface area contributed by atoms with Crippen molar-refractivity contribution in [1.29, 1.82) is 0 Å². The van der Waals surface area contributed by atoms with Gasteiger partial charge in [0.2, 0.25) is 0 Å². The molecule has 1 aromatic rings. The molecule has 1 N–H and O–H groups in total. The summed E-state index contributed by atoms with van der Waals surface area (Å²) in [5, 5.41) is 2.44. The van der Waals surface area contributed by atoms with Gasteiger partial charge in [-0.25, -0.2) is 0 Å². The minimum Gasteiger partial charge on any atom is -0.355 e. The van der Waals surface area contributed by atoms with Crippen LogP contribution in [0.15, 0.2) is 18.2 Å². The highest BCUT2D eigenvalue weighted by atomic mass is 19.4. The van der Waals surface area contributed by atoms with Gasteiger partial charge in [0.05, 0.1) is 17.2 Å². The van der Waals surface area contributed by atoms with Gasteiger partial charge in [0.15, 0.2) is 18.6 Å². The number of hydrogen-bond acceptors (Lipinski definition) is 3. The number of nitrogens with one attached hydrogen (secondary N) is 1. The molecule has 0 aliphatic carbocycles. The van der Waals surface area contributed by atoms with Crippen LogP contribution in [0, 0.1) is 0 Å². The molecule has 3 rings (SSSR count). The van der Waals surface area contributed by atoms with Crippen LogP contribution in [0.25, 0.3) is 0 Å². The maximum atomic E-state index is 13.4. The van der Waals surface area contributed by atoms with Gasteiger partial charge >= 0.3 is 18.5 Å². The van der Waals surface area contributed by atoms with E-state index in [0.717, 1.165) is 6.92 Å². The predicted octanol–water partition coefficient (Wildman–Crippen LogP) is 4.43. The van der Waals surface area contributed by atoms with Crippen molar-refractivity contribution >= 4 is 0 Å². The molecule has 0 aromatic heterocycles. The molecule has 3 nitrogen and oxygen atoms in total. The van der Waals surface area contributed by atoms with Crippen molar-refractivity contribution < 1.29 is 49.0 Å². The van der Waals surface area contributed by atoms with E-state index in [1.165, 1.54) is 0 Å². The summed E-state index contributed by atoms with van der Waals surface area (Å²) in [6.45, 7) is 1.14. The van der Waals surface area contributed by atoms with E-state index < -0.39 is 65.8 Å². The van der Waals surface area contributed by atoms with Gasteiger partial charge in [0.1, 0.15) is 0 Å². The average Bonchev–Trinajstić information content (AvgIpc) is 3.21. The van der Waals surface area contributed by atoms with Gasteiger partial charge in [0.25, 0.3) is 0 Å². The van der Waals surface area contributed by atoms with Crippen LogP contribution in [-0.4, -0.2) is 30.8 Å². The van der Waals surface area contributed by atoms with E-state index in [0.29, 0.717) is 0 Å². The van der Waals surface area contributed by atoms with Crippen molar-refractivity contribution in [2.75, 3.05) is 0 Å². The first-order valence-corrected chi connectivity index (χ1v) is 7.61. The van der Waals surface area contributed by atoms with Gasteiger partial charge in [0, 0.05) is 5.92 Å². The fourth-order valence-corrected chi connectivity index (χ4v) is 3.03. The van der Waals surface area contributed by atoms with Crippen LogP contribution in [-0.2, 0) is 21.8 Å². The monoisotopic (exact) mass is 409 g/mol. The zero-order valence-corrected chi connectivity index (χ0v) is 13.3. The summed E-state index contributed by atoms with van der Waals surface area (Å²) in [4.78, 5) is 0. The number of hydrogen-bond donors (Lipinski definition) is 1.